The van der Waals surface area contributed by atoms with Crippen molar-refractivity contribution in [2.24, 2.45) is 0 Å². The molecule has 7 aromatic carbocycles. The van der Waals surface area contributed by atoms with Crippen LogP contribution in [0.15, 0.2) is 115 Å². The molecule has 71 heavy (non-hydrogen) atoms. The summed E-state index contributed by atoms with van der Waals surface area (Å²) < 4.78 is 5.57. The Morgan fingerprint density at radius 2 is 0.831 bits per heavy atom. The van der Waals surface area contributed by atoms with Crippen molar-refractivity contribution in [3.8, 4) is 0 Å². The van der Waals surface area contributed by atoms with Gasteiger partial charge in [0.2, 0.25) is 0 Å². The second kappa shape index (κ2) is 15.1. The van der Waals surface area contributed by atoms with Crippen molar-refractivity contribution < 1.29 is 0 Å². The summed E-state index contributed by atoms with van der Waals surface area (Å²) in [5.74, 6) is 0. The van der Waals surface area contributed by atoms with E-state index >= 15 is 0 Å². The number of rotatable bonds is 2. The second-order valence-corrected chi connectivity index (χ2v) is 29.2. The van der Waals surface area contributed by atoms with Crippen LogP contribution in [0.4, 0.5) is 34.1 Å². The first-order chi connectivity index (χ1) is 33.2. The number of anilines is 6. The number of thiophene rings is 2. The van der Waals surface area contributed by atoms with Gasteiger partial charge in [-0.15, -0.1) is 22.7 Å². The van der Waals surface area contributed by atoms with E-state index in [0.717, 1.165) is 0 Å². The fourth-order valence-corrected chi connectivity index (χ4v) is 14.9. The van der Waals surface area contributed by atoms with E-state index < -0.39 is 0 Å². The summed E-state index contributed by atoms with van der Waals surface area (Å²) in [6.07, 6.45) is 2.37. The van der Waals surface area contributed by atoms with Crippen LogP contribution in [0.25, 0.3) is 41.7 Å². The molecule has 12 rings (SSSR count). The van der Waals surface area contributed by atoms with Crippen molar-refractivity contribution in [1.29, 1.82) is 0 Å². The van der Waals surface area contributed by atoms with Gasteiger partial charge in [-0.3, -0.25) is 0 Å². The Morgan fingerprint density at radius 3 is 1.30 bits per heavy atom. The molecule has 2 nitrogen and oxygen atoms in total. The van der Waals surface area contributed by atoms with Crippen molar-refractivity contribution in [2.75, 3.05) is 9.80 Å². The zero-order chi connectivity index (χ0) is 50.3. The van der Waals surface area contributed by atoms with Gasteiger partial charge in [-0.1, -0.05) is 165 Å². The van der Waals surface area contributed by atoms with E-state index in [1.54, 1.807) is 0 Å². The molecule has 4 heterocycles. The lowest BCUT2D eigenvalue weighted by atomic mass is 9.39. The third-order valence-electron chi connectivity index (χ3n) is 16.9. The summed E-state index contributed by atoms with van der Waals surface area (Å²) in [4.78, 5) is 5.42. The summed E-state index contributed by atoms with van der Waals surface area (Å²) in [7, 11) is 0. The Labute approximate surface area is 432 Å². The van der Waals surface area contributed by atoms with Crippen LogP contribution in [0.3, 0.4) is 0 Å². The van der Waals surface area contributed by atoms with E-state index in [4.69, 9.17) is 0 Å². The molecule has 0 fully saturated rings. The zero-order valence-electron chi connectivity index (χ0n) is 45.2. The van der Waals surface area contributed by atoms with E-state index in [-0.39, 0.29) is 39.2 Å². The molecule has 0 radical (unpaired) electrons. The maximum Gasteiger partial charge on any atom is 0.277 e. The molecule has 5 heteroatoms. The van der Waals surface area contributed by atoms with Gasteiger partial charge in [-0.25, -0.2) is 0 Å². The molecule has 0 spiro atoms. The predicted octanol–water partition coefficient (Wildman–Crippen LogP) is 18.0. The van der Waals surface area contributed by atoms with E-state index in [1.807, 2.05) is 22.7 Å². The number of hydrogen-bond donors (Lipinski definition) is 0. The van der Waals surface area contributed by atoms with Gasteiger partial charge < -0.3 is 9.80 Å². The van der Waals surface area contributed by atoms with Gasteiger partial charge in [0, 0.05) is 52.5 Å². The van der Waals surface area contributed by atoms with Crippen LogP contribution in [0.1, 0.15) is 157 Å². The maximum atomic E-state index is 2.73. The topological polar surface area (TPSA) is 6.48 Å². The molecule has 2 aromatic heterocycles. The van der Waals surface area contributed by atoms with E-state index in [1.165, 1.54) is 137 Å². The van der Waals surface area contributed by atoms with E-state index in [0.29, 0.717) is 0 Å². The number of hydrogen-bond acceptors (Lipinski definition) is 4. The highest BCUT2D eigenvalue weighted by Gasteiger charge is 2.48. The number of nitrogens with zero attached hydrogens (tertiary/aromatic N) is 2. The van der Waals surface area contributed by atoms with Crippen LogP contribution in [0.2, 0.25) is 0 Å². The molecular weight excluding hydrogens is 896 g/mol. The summed E-state index contributed by atoms with van der Waals surface area (Å²) in [5, 5.41) is 7.90. The first-order valence-electron chi connectivity index (χ1n) is 26.2. The van der Waals surface area contributed by atoms with Gasteiger partial charge in [0.1, 0.15) is 0 Å². The Kier molecular flexibility index (Phi) is 9.94. The quantitative estimate of drug-likeness (QED) is 0.159. The monoisotopic (exact) mass is 967 g/mol. The molecule has 1 aliphatic carbocycles. The smallest absolute Gasteiger partial charge is 0.277 e. The first-order valence-corrected chi connectivity index (χ1v) is 27.9. The molecule has 0 unspecified atom stereocenters. The van der Waals surface area contributed by atoms with Crippen molar-refractivity contribution in [3.63, 3.8) is 0 Å². The predicted molar refractivity (Wildman–Crippen MR) is 316 cm³/mol. The standard InChI is InChI=1S/C66H71BN2S2/c1-61(2,3)42-21-23-46(24-22-42)68-52-35-45(64(10,11)12)36-53-56(52)67(59-57(68)48-31-40-29-43(62(4,5)6)19-17-38(40)33-54(48)70-59)60-58(49-32-41-30-44(63(7,8)9)20-18-39(41)34-55(49)71-60)69(53)47-25-26-50-51(37-47)66(15,16)28-27-65(50,13)14/h17-26,29-37H,27-28H2,1-16H3. The van der Waals surface area contributed by atoms with Crippen LogP contribution < -0.4 is 24.8 Å². The third-order valence-corrected chi connectivity index (χ3v) is 19.3. The fourth-order valence-electron chi connectivity index (χ4n) is 12.2. The number of benzene rings is 7. The minimum absolute atomic E-state index is 0.0383. The van der Waals surface area contributed by atoms with Gasteiger partial charge in [0.25, 0.3) is 6.71 Å². The highest BCUT2D eigenvalue weighted by Crippen LogP contribution is 2.54. The molecule has 3 aliphatic rings. The van der Waals surface area contributed by atoms with Crippen molar-refractivity contribution in [2.45, 2.75) is 156 Å². The Hall–Kier alpha value is -5.36. The summed E-state index contributed by atoms with van der Waals surface area (Å²) in [5.41, 5.74) is 17.8. The lowest BCUT2D eigenvalue weighted by molar-refractivity contribution is 0.332. The van der Waals surface area contributed by atoms with Crippen molar-refractivity contribution in [3.05, 3.63) is 149 Å². The summed E-state index contributed by atoms with van der Waals surface area (Å²) >= 11 is 4.05. The van der Waals surface area contributed by atoms with Gasteiger partial charge in [0.15, 0.2) is 0 Å². The van der Waals surface area contributed by atoms with Gasteiger partial charge in [-0.05, 0) is 166 Å². The Balaban J connectivity index is 1.23. The molecule has 0 atom stereocenters. The van der Waals surface area contributed by atoms with Crippen LogP contribution in [0, 0.1) is 0 Å². The lowest BCUT2D eigenvalue weighted by Crippen LogP contribution is -2.59. The third kappa shape index (κ3) is 7.28. The van der Waals surface area contributed by atoms with Crippen LogP contribution >= 0.6 is 22.7 Å². The van der Waals surface area contributed by atoms with Gasteiger partial charge >= 0.3 is 0 Å². The fraction of sp³-hybridized carbons (Fsp3) is 0.364. The van der Waals surface area contributed by atoms with Crippen molar-refractivity contribution >= 4 is 120 Å². The van der Waals surface area contributed by atoms with E-state index in [2.05, 4.69) is 236 Å². The zero-order valence-corrected chi connectivity index (χ0v) is 46.8. The molecule has 0 bridgehead atoms. The molecular formula is C66H71BN2S2. The normalized spacial score (nSPS) is 16.5. The largest absolute Gasteiger partial charge is 0.310 e. The Morgan fingerprint density at radius 1 is 0.408 bits per heavy atom. The first kappa shape index (κ1) is 46.7. The molecule has 360 valence electrons. The second-order valence-electron chi connectivity index (χ2n) is 27.0. The molecule has 9 aromatic rings. The highest BCUT2D eigenvalue weighted by molar-refractivity contribution is 7.40. The van der Waals surface area contributed by atoms with Gasteiger partial charge in [-0.2, -0.15) is 0 Å². The lowest BCUT2D eigenvalue weighted by Gasteiger charge is -2.45. The minimum atomic E-state index is -0.122. The Bertz CT molecular complexity index is 3700. The summed E-state index contributed by atoms with van der Waals surface area (Å²) in [6.45, 7) is 38.1. The number of fused-ring (bicyclic) bond motifs is 11. The molecule has 0 N–H and O–H groups in total. The van der Waals surface area contributed by atoms with Crippen LogP contribution in [0.5, 0.6) is 0 Å². The van der Waals surface area contributed by atoms with Crippen LogP contribution in [-0.4, -0.2) is 6.71 Å². The van der Waals surface area contributed by atoms with Gasteiger partial charge in [0.05, 0.1) is 11.4 Å². The molecule has 2 aliphatic heterocycles. The molecule has 0 saturated heterocycles. The highest BCUT2D eigenvalue weighted by atomic mass is 32.1. The maximum absolute atomic E-state index is 2.73. The SMILES string of the molecule is CC(C)(C)c1ccc(N2c3cc(C(C)(C)C)cc4c3B(c3sc5cc6ccc(C(C)(C)C)cc6cc5c32)c2sc3cc5ccc(C(C)(C)C)cc5cc3c2N4c2ccc3c(c2)C(C)(C)CCC3(C)C)cc1. The average molecular weight is 967 g/mol. The van der Waals surface area contributed by atoms with Crippen LogP contribution in [-0.2, 0) is 32.5 Å². The molecule has 0 saturated carbocycles. The van der Waals surface area contributed by atoms with E-state index in [9.17, 15) is 0 Å². The molecule has 0 amide bonds. The minimum Gasteiger partial charge on any atom is -0.310 e. The summed E-state index contributed by atoms with van der Waals surface area (Å²) in [6, 6.07) is 46.7. The van der Waals surface area contributed by atoms with Crippen molar-refractivity contribution in [1.82, 2.24) is 0 Å². The average Bonchev–Trinajstić information content (AvgIpc) is 3.84.